The van der Waals surface area contributed by atoms with Gasteiger partial charge in [0.25, 0.3) is 11.7 Å². The molecule has 1 aliphatic carbocycles. The molecule has 188 valence electrons. The van der Waals surface area contributed by atoms with E-state index in [1.807, 2.05) is 24.3 Å². The van der Waals surface area contributed by atoms with Crippen molar-refractivity contribution in [2.24, 2.45) is 5.10 Å². The predicted octanol–water partition coefficient (Wildman–Crippen LogP) is 4.23. The largest absolute Gasteiger partial charge is 0.481 e. The molecule has 0 bridgehead atoms. The Hall–Kier alpha value is -3.37. The SMILES string of the molecule is O=C(O)COc1ccccc1C=NNC(=O)CSc1n[nH]c(-c2ccc(Cl)cc2)[n+]1C1CCCCC1. The summed E-state index contributed by atoms with van der Waals surface area (Å²) in [4.78, 5) is 23.3. The number of nitrogens with zero attached hydrogens (tertiary/aromatic N) is 3. The molecule has 11 heteroatoms. The lowest BCUT2D eigenvalue weighted by atomic mass is 9.95. The average Bonchev–Trinajstić information content (AvgIpc) is 3.32. The highest BCUT2D eigenvalue weighted by molar-refractivity contribution is 7.99. The fourth-order valence-corrected chi connectivity index (χ4v) is 5.03. The second-order valence-electron chi connectivity index (χ2n) is 8.33. The van der Waals surface area contributed by atoms with Gasteiger partial charge < -0.3 is 9.84 Å². The van der Waals surface area contributed by atoms with Gasteiger partial charge in [-0.05, 0) is 73.8 Å². The van der Waals surface area contributed by atoms with Gasteiger partial charge in [0.2, 0.25) is 0 Å². The Morgan fingerprint density at radius 3 is 2.69 bits per heavy atom. The summed E-state index contributed by atoms with van der Waals surface area (Å²) in [6.07, 6.45) is 7.13. The van der Waals surface area contributed by atoms with Crippen LogP contribution in [0.5, 0.6) is 5.75 Å². The molecule has 2 aromatic carbocycles. The van der Waals surface area contributed by atoms with Gasteiger partial charge in [-0.25, -0.2) is 14.8 Å². The Labute approximate surface area is 217 Å². The van der Waals surface area contributed by atoms with E-state index >= 15 is 0 Å². The molecule has 0 radical (unpaired) electrons. The number of H-pyrrole nitrogens is 1. The van der Waals surface area contributed by atoms with Crippen molar-refractivity contribution in [1.82, 2.24) is 15.6 Å². The van der Waals surface area contributed by atoms with Crippen LogP contribution < -0.4 is 14.7 Å². The van der Waals surface area contributed by atoms with Gasteiger partial charge >= 0.3 is 11.1 Å². The van der Waals surface area contributed by atoms with E-state index in [-0.39, 0.29) is 11.7 Å². The third kappa shape index (κ3) is 6.86. The predicted molar refractivity (Wildman–Crippen MR) is 137 cm³/mol. The number of halogens is 1. The second kappa shape index (κ2) is 12.5. The number of carboxylic acids is 1. The van der Waals surface area contributed by atoms with E-state index in [9.17, 15) is 9.59 Å². The summed E-state index contributed by atoms with van der Waals surface area (Å²) < 4.78 is 7.46. The molecule has 1 heterocycles. The van der Waals surface area contributed by atoms with E-state index < -0.39 is 12.6 Å². The van der Waals surface area contributed by atoms with Crippen LogP contribution in [0, 0.1) is 0 Å². The van der Waals surface area contributed by atoms with E-state index in [2.05, 4.69) is 25.3 Å². The number of thioether (sulfide) groups is 1. The number of para-hydroxylation sites is 1. The minimum absolute atomic E-state index is 0.131. The maximum atomic E-state index is 12.5. The third-order valence-corrected chi connectivity index (χ3v) is 6.96. The Balaban J connectivity index is 1.42. The van der Waals surface area contributed by atoms with E-state index in [0.717, 1.165) is 29.4 Å². The summed E-state index contributed by atoms with van der Waals surface area (Å²) in [5.41, 5.74) is 4.06. The number of hydrogen-bond donors (Lipinski definition) is 3. The number of aromatic amines is 1. The lowest BCUT2D eigenvalue weighted by Gasteiger charge is -2.21. The van der Waals surface area contributed by atoms with Crippen LogP contribution in [0.15, 0.2) is 58.8 Å². The molecule has 36 heavy (non-hydrogen) atoms. The highest BCUT2D eigenvalue weighted by Crippen LogP contribution is 2.29. The summed E-state index contributed by atoms with van der Waals surface area (Å²) in [6.45, 7) is -0.462. The van der Waals surface area contributed by atoms with Gasteiger partial charge in [0.05, 0.1) is 28.7 Å². The lowest BCUT2D eigenvalue weighted by Crippen LogP contribution is -2.43. The van der Waals surface area contributed by atoms with Crippen molar-refractivity contribution in [2.75, 3.05) is 12.4 Å². The molecule has 1 saturated carbocycles. The first-order valence-electron chi connectivity index (χ1n) is 11.7. The molecule has 1 aromatic heterocycles. The molecule has 1 aliphatic rings. The number of rotatable bonds is 10. The molecule has 0 atom stereocenters. The summed E-state index contributed by atoms with van der Waals surface area (Å²) >= 11 is 7.42. The van der Waals surface area contributed by atoms with Gasteiger partial charge in [0.15, 0.2) is 6.61 Å². The number of carbonyl (C=O) groups is 2. The molecular formula is C25H27ClN5O4S+. The van der Waals surface area contributed by atoms with Crippen LogP contribution in [0.2, 0.25) is 5.02 Å². The van der Waals surface area contributed by atoms with Gasteiger partial charge in [-0.15, -0.1) is 5.10 Å². The van der Waals surface area contributed by atoms with Gasteiger partial charge in [0, 0.05) is 10.6 Å². The number of aliphatic carboxylic acids is 1. The van der Waals surface area contributed by atoms with Gasteiger partial charge in [0.1, 0.15) is 5.75 Å². The Morgan fingerprint density at radius 2 is 1.94 bits per heavy atom. The summed E-state index contributed by atoms with van der Waals surface area (Å²) in [6, 6.07) is 14.8. The van der Waals surface area contributed by atoms with Crippen molar-refractivity contribution in [3.63, 3.8) is 0 Å². The number of amides is 1. The zero-order valence-electron chi connectivity index (χ0n) is 19.5. The van der Waals surface area contributed by atoms with Crippen molar-refractivity contribution in [1.29, 1.82) is 0 Å². The van der Waals surface area contributed by atoms with Crippen LogP contribution in [-0.4, -0.2) is 45.8 Å². The summed E-state index contributed by atoms with van der Waals surface area (Å²) in [5.74, 6) is 0.0395. The smallest absolute Gasteiger partial charge is 0.341 e. The highest BCUT2D eigenvalue weighted by Gasteiger charge is 2.30. The van der Waals surface area contributed by atoms with E-state index in [4.69, 9.17) is 21.4 Å². The van der Waals surface area contributed by atoms with Crippen molar-refractivity contribution in [2.45, 2.75) is 43.3 Å². The number of aromatic nitrogens is 3. The maximum Gasteiger partial charge on any atom is 0.341 e. The molecular weight excluding hydrogens is 502 g/mol. The lowest BCUT2D eigenvalue weighted by molar-refractivity contribution is -0.749. The van der Waals surface area contributed by atoms with Crippen molar-refractivity contribution >= 4 is 41.5 Å². The molecule has 9 nitrogen and oxygen atoms in total. The van der Waals surface area contributed by atoms with Crippen LogP contribution >= 0.6 is 23.4 Å². The quantitative estimate of drug-likeness (QED) is 0.157. The summed E-state index contributed by atoms with van der Waals surface area (Å²) in [5, 5.41) is 21.9. The Morgan fingerprint density at radius 1 is 1.19 bits per heavy atom. The van der Waals surface area contributed by atoms with E-state index in [1.165, 1.54) is 37.2 Å². The molecule has 3 aromatic rings. The van der Waals surface area contributed by atoms with Crippen LogP contribution in [0.25, 0.3) is 11.4 Å². The minimum atomic E-state index is -1.07. The number of nitrogens with one attached hydrogen (secondary N) is 2. The Bertz CT molecular complexity index is 1230. The monoisotopic (exact) mass is 528 g/mol. The number of hydrazone groups is 1. The standard InChI is InChI=1S/C25H26ClN5O4S/c26-19-12-10-17(11-13-19)24-29-30-25(31(24)20-7-2-1-3-8-20)36-16-22(32)28-27-14-18-6-4-5-9-21(18)35-15-23(33)34/h4-6,9-14,20H,1-3,7-8,15-16H2,(H2,28,32,33,34)/p+1. The number of carboxylic acid groups (broad SMARTS) is 1. The molecule has 3 N–H and O–H groups in total. The fraction of sp³-hybridized carbons (Fsp3) is 0.320. The number of benzene rings is 2. The van der Waals surface area contributed by atoms with Crippen LogP contribution in [-0.2, 0) is 9.59 Å². The second-order valence-corrected chi connectivity index (χ2v) is 9.70. The van der Waals surface area contributed by atoms with Crippen molar-refractivity contribution < 1.29 is 24.0 Å². The first-order valence-corrected chi connectivity index (χ1v) is 13.0. The average molecular weight is 529 g/mol. The number of carbonyl (C=O) groups excluding carboxylic acids is 1. The van der Waals surface area contributed by atoms with Crippen molar-refractivity contribution in [3.05, 3.63) is 59.1 Å². The maximum absolute atomic E-state index is 12.5. The first-order chi connectivity index (χ1) is 17.5. The number of hydrogen-bond acceptors (Lipinski definition) is 6. The Kier molecular flexibility index (Phi) is 8.96. The topological polar surface area (TPSA) is 121 Å². The van der Waals surface area contributed by atoms with Crippen LogP contribution in [0.4, 0.5) is 0 Å². The van der Waals surface area contributed by atoms with Crippen molar-refractivity contribution in [3.8, 4) is 17.1 Å². The fourth-order valence-electron chi connectivity index (χ4n) is 4.09. The molecule has 1 fully saturated rings. The molecule has 0 unspecified atom stereocenters. The highest BCUT2D eigenvalue weighted by atomic mass is 35.5. The first kappa shape index (κ1) is 25.7. The van der Waals surface area contributed by atoms with E-state index in [1.54, 1.807) is 24.3 Å². The van der Waals surface area contributed by atoms with Gasteiger partial charge in [-0.1, -0.05) is 30.2 Å². The zero-order valence-corrected chi connectivity index (χ0v) is 21.1. The van der Waals surface area contributed by atoms with Crippen LogP contribution in [0.1, 0.15) is 43.7 Å². The van der Waals surface area contributed by atoms with Crippen LogP contribution in [0.3, 0.4) is 0 Å². The number of ether oxygens (including phenoxy) is 1. The van der Waals surface area contributed by atoms with Gasteiger partial charge in [-0.2, -0.15) is 5.10 Å². The minimum Gasteiger partial charge on any atom is -0.481 e. The zero-order chi connectivity index (χ0) is 25.3. The molecule has 0 spiro atoms. The third-order valence-electron chi connectivity index (χ3n) is 5.76. The molecule has 0 saturated heterocycles. The van der Waals surface area contributed by atoms with Gasteiger partial charge in [-0.3, -0.25) is 4.79 Å². The molecule has 4 rings (SSSR count). The van der Waals surface area contributed by atoms with E-state index in [0.29, 0.717) is 22.4 Å². The molecule has 0 aliphatic heterocycles. The molecule has 1 amide bonds. The summed E-state index contributed by atoms with van der Waals surface area (Å²) in [7, 11) is 0. The normalized spacial score (nSPS) is 14.1.